The van der Waals surface area contributed by atoms with Crippen LogP contribution in [0, 0.1) is 19.3 Å². The van der Waals surface area contributed by atoms with E-state index in [0.29, 0.717) is 0 Å². The summed E-state index contributed by atoms with van der Waals surface area (Å²) in [5.74, 6) is 0.917. The lowest BCUT2D eigenvalue weighted by atomic mass is 9.90. The molecule has 0 saturated carbocycles. The first-order chi connectivity index (χ1) is 17.0. The average Bonchev–Trinajstić information content (AvgIpc) is 2.85. The number of nitrogens with zero attached hydrogens (tertiary/aromatic N) is 1. The van der Waals surface area contributed by atoms with Gasteiger partial charge in [0, 0.05) is 29.1 Å². The molecule has 0 spiro atoms. The zero-order chi connectivity index (χ0) is 24.5. The van der Waals surface area contributed by atoms with Gasteiger partial charge in [0.05, 0.1) is 26.4 Å². The molecule has 1 aliphatic heterocycles. The van der Waals surface area contributed by atoms with Crippen molar-refractivity contribution in [3.63, 3.8) is 0 Å². The number of ether oxygens (including phenoxy) is 3. The molecule has 0 atom stereocenters. The molecule has 1 heterocycles. The number of rotatable bonds is 13. The molecule has 0 amide bonds. The molecule has 1 saturated heterocycles. The van der Waals surface area contributed by atoms with Gasteiger partial charge in [0.2, 0.25) is 0 Å². The minimum absolute atomic E-state index is 0.251. The van der Waals surface area contributed by atoms with Crippen LogP contribution in [0.2, 0.25) is 0 Å². The average molecular weight is 474 g/mol. The SMILES string of the molecule is Cc1ccc(N(c2ccc(C)cc2)c2ccc(OCCCCCCOCC3(C)COC3)cc2)cc1. The van der Waals surface area contributed by atoms with Crippen molar-refractivity contribution in [2.24, 2.45) is 5.41 Å². The van der Waals surface area contributed by atoms with Crippen molar-refractivity contribution in [2.45, 2.75) is 46.5 Å². The maximum Gasteiger partial charge on any atom is 0.119 e. The normalized spacial score (nSPS) is 14.4. The van der Waals surface area contributed by atoms with Crippen LogP contribution in [0.1, 0.15) is 43.7 Å². The van der Waals surface area contributed by atoms with Gasteiger partial charge in [-0.3, -0.25) is 0 Å². The van der Waals surface area contributed by atoms with Crippen molar-refractivity contribution >= 4 is 17.1 Å². The highest BCUT2D eigenvalue weighted by Gasteiger charge is 2.33. The van der Waals surface area contributed by atoms with Crippen LogP contribution in [-0.2, 0) is 9.47 Å². The Morgan fingerprint density at radius 3 is 1.66 bits per heavy atom. The second-order valence-corrected chi connectivity index (χ2v) is 10.1. The van der Waals surface area contributed by atoms with E-state index in [4.69, 9.17) is 14.2 Å². The van der Waals surface area contributed by atoms with Gasteiger partial charge in [0.1, 0.15) is 5.75 Å². The molecule has 1 fully saturated rings. The second kappa shape index (κ2) is 12.2. The molecular weight excluding hydrogens is 434 g/mol. The summed E-state index contributed by atoms with van der Waals surface area (Å²) in [6.45, 7) is 10.5. The molecule has 0 aliphatic carbocycles. The van der Waals surface area contributed by atoms with Crippen LogP contribution in [0.15, 0.2) is 72.8 Å². The highest BCUT2D eigenvalue weighted by atomic mass is 16.5. The lowest BCUT2D eigenvalue weighted by molar-refractivity contribution is -0.137. The van der Waals surface area contributed by atoms with Crippen LogP contribution in [0.3, 0.4) is 0 Å². The standard InChI is InChI=1S/C31H39NO3/c1-25-8-12-27(13-9-25)32(28-14-10-26(2)11-15-28)29-16-18-30(19-17-29)35-21-7-5-4-6-20-33-22-31(3)23-34-24-31/h8-19H,4-7,20-24H2,1-3H3. The second-order valence-electron chi connectivity index (χ2n) is 10.1. The molecule has 4 nitrogen and oxygen atoms in total. The summed E-state index contributed by atoms with van der Waals surface area (Å²) in [7, 11) is 0. The number of hydrogen-bond donors (Lipinski definition) is 0. The maximum absolute atomic E-state index is 6.01. The number of anilines is 3. The van der Waals surface area contributed by atoms with Gasteiger partial charge in [0.25, 0.3) is 0 Å². The maximum atomic E-state index is 6.01. The van der Waals surface area contributed by atoms with Crippen LogP contribution in [-0.4, -0.2) is 33.0 Å². The van der Waals surface area contributed by atoms with Crippen molar-refractivity contribution in [2.75, 3.05) is 37.9 Å². The molecule has 0 aromatic heterocycles. The summed E-state index contributed by atoms with van der Waals surface area (Å²) in [6, 6.07) is 25.7. The lowest BCUT2D eigenvalue weighted by Gasteiger charge is -2.37. The van der Waals surface area contributed by atoms with E-state index in [0.717, 1.165) is 75.1 Å². The van der Waals surface area contributed by atoms with Gasteiger partial charge in [0.15, 0.2) is 0 Å². The van der Waals surface area contributed by atoms with Crippen LogP contribution in [0.4, 0.5) is 17.1 Å². The summed E-state index contributed by atoms with van der Waals surface area (Å²) >= 11 is 0. The highest BCUT2D eigenvalue weighted by molar-refractivity contribution is 5.76. The van der Waals surface area contributed by atoms with Gasteiger partial charge in [-0.2, -0.15) is 0 Å². The lowest BCUT2D eigenvalue weighted by Crippen LogP contribution is -2.43. The number of aryl methyl sites for hydroxylation is 2. The fraction of sp³-hybridized carbons (Fsp3) is 0.419. The summed E-state index contributed by atoms with van der Waals surface area (Å²) in [4.78, 5) is 2.28. The summed E-state index contributed by atoms with van der Waals surface area (Å²) < 4.78 is 17.1. The molecule has 3 aromatic carbocycles. The number of hydrogen-bond acceptors (Lipinski definition) is 4. The topological polar surface area (TPSA) is 30.9 Å². The number of unbranched alkanes of at least 4 members (excludes halogenated alkanes) is 3. The molecule has 186 valence electrons. The van der Waals surface area contributed by atoms with E-state index in [-0.39, 0.29) is 5.41 Å². The largest absolute Gasteiger partial charge is 0.494 e. The van der Waals surface area contributed by atoms with Crippen molar-refractivity contribution < 1.29 is 14.2 Å². The Hall–Kier alpha value is -2.82. The Labute approximate surface area is 210 Å². The molecule has 0 radical (unpaired) electrons. The predicted octanol–water partition coefficient (Wildman–Crippen LogP) is 7.77. The molecule has 3 aromatic rings. The van der Waals surface area contributed by atoms with Crippen LogP contribution < -0.4 is 9.64 Å². The molecule has 4 heteroatoms. The molecule has 0 unspecified atom stereocenters. The Kier molecular flexibility index (Phi) is 8.84. The van der Waals surface area contributed by atoms with Gasteiger partial charge in [-0.1, -0.05) is 48.7 Å². The Morgan fingerprint density at radius 2 is 1.17 bits per heavy atom. The quantitative estimate of drug-likeness (QED) is 0.237. The predicted molar refractivity (Wildman–Crippen MR) is 144 cm³/mol. The van der Waals surface area contributed by atoms with E-state index in [9.17, 15) is 0 Å². The van der Waals surface area contributed by atoms with Gasteiger partial charge in [-0.25, -0.2) is 0 Å². The monoisotopic (exact) mass is 473 g/mol. The Bertz CT molecular complexity index is 979. The van der Waals surface area contributed by atoms with Gasteiger partial charge < -0.3 is 19.1 Å². The van der Waals surface area contributed by atoms with Crippen molar-refractivity contribution in [3.05, 3.63) is 83.9 Å². The van der Waals surface area contributed by atoms with E-state index in [1.54, 1.807) is 0 Å². The third kappa shape index (κ3) is 7.33. The van der Waals surface area contributed by atoms with Gasteiger partial charge in [-0.05, 0) is 81.6 Å². The Balaban J connectivity index is 1.24. The third-order valence-corrected chi connectivity index (χ3v) is 6.48. The molecule has 4 rings (SSSR count). The van der Waals surface area contributed by atoms with Crippen LogP contribution in [0.5, 0.6) is 5.75 Å². The van der Waals surface area contributed by atoms with Gasteiger partial charge >= 0.3 is 0 Å². The van der Waals surface area contributed by atoms with E-state index in [1.165, 1.54) is 17.5 Å². The summed E-state index contributed by atoms with van der Waals surface area (Å²) in [5, 5.41) is 0. The fourth-order valence-electron chi connectivity index (χ4n) is 4.23. The van der Waals surface area contributed by atoms with E-state index >= 15 is 0 Å². The zero-order valence-electron chi connectivity index (χ0n) is 21.5. The molecule has 0 bridgehead atoms. The molecule has 0 N–H and O–H groups in total. The molecule has 35 heavy (non-hydrogen) atoms. The summed E-state index contributed by atoms with van der Waals surface area (Å²) in [5.41, 5.74) is 6.17. The fourth-order valence-corrected chi connectivity index (χ4v) is 4.23. The van der Waals surface area contributed by atoms with E-state index in [1.807, 2.05) is 0 Å². The van der Waals surface area contributed by atoms with Crippen LogP contribution in [0.25, 0.3) is 0 Å². The van der Waals surface area contributed by atoms with Crippen molar-refractivity contribution in [1.29, 1.82) is 0 Å². The van der Waals surface area contributed by atoms with Gasteiger partial charge in [-0.15, -0.1) is 0 Å². The van der Waals surface area contributed by atoms with Crippen molar-refractivity contribution in [3.8, 4) is 5.75 Å². The first-order valence-corrected chi connectivity index (χ1v) is 12.8. The zero-order valence-corrected chi connectivity index (χ0v) is 21.5. The first kappa shape index (κ1) is 25.3. The smallest absolute Gasteiger partial charge is 0.119 e. The first-order valence-electron chi connectivity index (χ1n) is 12.8. The summed E-state index contributed by atoms with van der Waals surface area (Å²) in [6.07, 6.45) is 4.51. The van der Waals surface area contributed by atoms with E-state index < -0.39 is 0 Å². The Morgan fingerprint density at radius 1 is 0.686 bits per heavy atom. The van der Waals surface area contributed by atoms with Crippen molar-refractivity contribution in [1.82, 2.24) is 0 Å². The molecular formula is C31H39NO3. The molecule has 1 aliphatic rings. The third-order valence-electron chi connectivity index (χ3n) is 6.48. The minimum Gasteiger partial charge on any atom is -0.494 e. The number of benzene rings is 3. The highest BCUT2D eigenvalue weighted by Crippen LogP contribution is 2.35. The minimum atomic E-state index is 0.251. The van der Waals surface area contributed by atoms with E-state index in [2.05, 4.69) is 98.5 Å². The van der Waals surface area contributed by atoms with Crippen LogP contribution >= 0.6 is 0 Å².